The Hall–Kier alpha value is -3.27. The molecule has 4 heteroatoms. The van der Waals surface area contributed by atoms with Gasteiger partial charge in [-0.25, -0.2) is 0 Å². The molecule has 0 spiro atoms. The molecule has 0 heterocycles. The summed E-state index contributed by atoms with van der Waals surface area (Å²) in [5, 5.41) is 15.7. The van der Waals surface area contributed by atoms with Gasteiger partial charge in [0.15, 0.2) is 0 Å². The van der Waals surface area contributed by atoms with Gasteiger partial charge in [-0.2, -0.15) is 0 Å². The molecule has 26 heavy (non-hydrogen) atoms. The Labute approximate surface area is 153 Å². The zero-order chi connectivity index (χ0) is 18.4. The van der Waals surface area contributed by atoms with E-state index < -0.39 is 0 Å². The van der Waals surface area contributed by atoms with E-state index in [9.17, 15) is 9.90 Å². The van der Waals surface area contributed by atoms with Crippen molar-refractivity contribution in [1.29, 1.82) is 0 Å². The smallest absolute Gasteiger partial charge is 0.228 e. The van der Waals surface area contributed by atoms with Crippen molar-refractivity contribution < 1.29 is 9.90 Å². The summed E-state index contributed by atoms with van der Waals surface area (Å²) in [7, 11) is 0. The maximum absolute atomic E-state index is 12.5. The van der Waals surface area contributed by atoms with Crippen molar-refractivity contribution in [3.05, 3.63) is 78.4 Å². The molecule has 3 rings (SSSR count). The standard InChI is InChI=1S/C22H22N2O2/c1-2-23-20-9-5-3-7-18(20)19-8-4-6-10-21(19)24-22(26)15-16-11-13-17(25)14-12-16/h3-14,23,25H,2,15H2,1H3,(H,24,26). The van der Waals surface area contributed by atoms with Crippen LogP contribution in [-0.2, 0) is 11.2 Å². The van der Waals surface area contributed by atoms with E-state index in [0.717, 1.165) is 34.6 Å². The molecule has 0 aliphatic carbocycles. The van der Waals surface area contributed by atoms with E-state index in [1.807, 2.05) is 48.5 Å². The van der Waals surface area contributed by atoms with Crippen molar-refractivity contribution in [2.24, 2.45) is 0 Å². The van der Waals surface area contributed by atoms with Crippen molar-refractivity contribution in [2.75, 3.05) is 17.2 Å². The molecule has 3 aromatic carbocycles. The summed E-state index contributed by atoms with van der Waals surface area (Å²) in [6.07, 6.45) is 0.253. The second-order valence-electron chi connectivity index (χ2n) is 6.01. The number of para-hydroxylation sites is 2. The number of nitrogens with one attached hydrogen (secondary N) is 2. The molecule has 0 radical (unpaired) electrons. The van der Waals surface area contributed by atoms with Crippen molar-refractivity contribution in [3.8, 4) is 16.9 Å². The molecule has 0 saturated carbocycles. The highest BCUT2D eigenvalue weighted by Crippen LogP contribution is 2.33. The number of carbonyl (C=O) groups is 1. The van der Waals surface area contributed by atoms with Crippen LogP contribution < -0.4 is 10.6 Å². The lowest BCUT2D eigenvalue weighted by Gasteiger charge is -2.15. The number of anilines is 2. The fourth-order valence-corrected chi connectivity index (χ4v) is 2.88. The molecule has 0 atom stereocenters. The zero-order valence-electron chi connectivity index (χ0n) is 14.7. The predicted octanol–water partition coefficient (Wildman–Crippen LogP) is 4.67. The van der Waals surface area contributed by atoms with Crippen LogP contribution in [0.5, 0.6) is 5.75 Å². The first-order valence-corrected chi connectivity index (χ1v) is 8.67. The van der Waals surface area contributed by atoms with Gasteiger partial charge < -0.3 is 15.7 Å². The second kappa shape index (κ2) is 8.21. The van der Waals surface area contributed by atoms with E-state index in [1.165, 1.54) is 0 Å². The quantitative estimate of drug-likeness (QED) is 0.608. The van der Waals surface area contributed by atoms with Gasteiger partial charge in [-0.05, 0) is 36.8 Å². The fraction of sp³-hybridized carbons (Fsp3) is 0.136. The van der Waals surface area contributed by atoms with Crippen LogP contribution in [0.3, 0.4) is 0 Å². The first kappa shape index (κ1) is 17.5. The fourth-order valence-electron chi connectivity index (χ4n) is 2.88. The largest absolute Gasteiger partial charge is 0.508 e. The molecular weight excluding hydrogens is 324 g/mol. The average Bonchev–Trinajstić information content (AvgIpc) is 2.65. The highest BCUT2D eigenvalue weighted by atomic mass is 16.3. The molecule has 0 aliphatic rings. The minimum atomic E-state index is -0.0935. The van der Waals surface area contributed by atoms with Gasteiger partial charge in [0.25, 0.3) is 0 Å². The minimum Gasteiger partial charge on any atom is -0.508 e. The van der Waals surface area contributed by atoms with Crippen molar-refractivity contribution >= 4 is 17.3 Å². The van der Waals surface area contributed by atoms with Gasteiger partial charge in [-0.15, -0.1) is 0 Å². The van der Waals surface area contributed by atoms with Gasteiger partial charge in [0.1, 0.15) is 5.75 Å². The number of aromatic hydroxyl groups is 1. The normalized spacial score (nSPS) is 10.3. The van der Waals surface area contributed by atoms with Crippen LogP contribution in [0.15, 0.2) is 72.8 Å². The number of benzene rings is 3. The van der Waals surface area contributed by atoms with Crippen LogP contribution in [0.25, 0.3) is 11.1 Å². The number of hydrogen-bond acceptors (Lipinski definition) is 3. The zero-order valence-corrected chi connectivity index (χ0v) is 14.7. The number of phenolic OH excluding ortho intramolecular Hbond substituents is 1. The number of hydrogen-bond donors (Lipinski definition) is 3. The number of phenols is 1. The Morgan fingerprint density at radius 2 is 1.42 bits per heavy atom. The summed E-state index contributed by atoms with van der Waals surface area (Å²) in [5.41, 5.74) is 4.70. The monoisotopic (exact) mass is 346 g/mol. The Balaban J connectivity index is 1.83. The third kappa shape index (κ3) is 4.22. The van der Waals surface area contributed by atoms with Crippen LogP contribution in [0.2, 0.25) is 0 Å². The van der Waals surface area contributed by atoms with Crippen LogP contribution in [0.4, 0.5) is 11.4 Å². The van der Waals surface area contributed by atoms with Crippen LogP contribution >= 0.6 is 0 Å². The van der Waals surface area contributed by atoms with E-state index >= 15 is 0 Å². The van der Waals surface area contributed by atoms with Gasteiger partial charge in [0, 0.05) is 29.0 Å². The van der Waals surface area contributed by atoms with E-state index in [-0.39, 0.29) is 18.1 Å². The molecule has 3 aromatic rings. The molecule has 0 aliphatic heterocycles. The van der Waals surface area contributed by atoms with Crippen molar-refractivity contribution in [1.82, 2.24) is 0 Å². The van der Waals surface area contributed by atoms with E-state index in [0.29, 0.717) is 0 Å². The second-order valence-corrected chi connectivity index (χ2v) is 6.01. The van der Waals surface area contributed by atoms with Crippen molar-refractivity contribution in [2.45, 2.75) is 13.3 Å². The van der Waals surface area contributed by atoms with Crippen molar-refractivity contribution in [3.63, 3.8) is 0 Å². The molecule has 0 unspecified atom stereocenters. The Morgan fingerprint density at radius 1 is 0.846 bits per heavy atom. The summed E-state index contributed by atoms with van der Waals surface area (Å²) in [6, 6.07) is 22.5. The summed E-state index contributed by atoms with van der Waals surface area (Å²) < 4.78 is 0. The molecule has 132 valence electrons. The molecule has 0 fully saturated rings. The van der Waals surface area contributed by atoms with Gasteiger partial charge in [-0.3, -0.25) is 4.79 Å². The predicted molar refractivity (Wildman–Crippen MR) is 106 cm³/mol. The molecule has 3 N–H and O–H groups in total. The Kier molecular flexibility index (Phi) is 5.54. The Morgan fingerprint density at radius 3 is 2.08 bits per heavy atom. The Bertz CT molecular complexity index is 889. The van der Waals surface area contributed by atoms with Crippen LogP contribution in [0.1, 0.15) is 12.5 Å². The summed E-state index contributed by atoms with van der Waals surface area (Å²) >= 11 is 0. The van der Waals surface area contributed by atoms with Gasteiger partial charge in [-0.1, -0.05) is 48.5 Å². The number of carbonyl (C=O) groups excluding carboxylic acids is 1. The molecule has 0 aromatic heterocycles. The average molecular weight is 346 g/mol. The minimum absolute atomic E-state index is 0.0935. The maximum Gasteiger partial charge on any atom is 0.228 e. The lowest BCUT2D eigenvalue weighted by Crippen LogP contribution is -2.15. The summed E-state index contributed by atoms with van der Waals surface area (Å²) in [6.45, 7) is 2.88. The SMILES string of the molecule is CCNc1ccccc1-c1ccccc1NC(=O)Cc1ccc(O)cc1. The maximum atomic E-state index is 12.5. The van der Waals surface area contributed by atoms with E-state index in [4.69, 9.17) is 0 Å². The molecule has 0 saturated heterocycles. The molecule has 0 bridgehead atoms. The molecule has 1 amide bonds. The first-order chi connectivity index (χ1) is 12.7. The lowest BCUT2D eigenvalue weighted by atomic mass is 10.0. The third-order valence-corrected chi connectivity index (χ3v) is 4.09. The highest BCUT2D eigenvalue weighted by molar-refractivity contribution is 5.98. The van der Waals surface area contributed by atoms with Crippen LogP contribution in [-0.4, -0.2) is 17.6 Å². The highest BCUT2D eigenvalue weighted by Gasteiger charge is 2.11. The number of rotatable bonds is 6. The molecule has 4 nitrogen and oxygen atoms in total. The van der Waals surface area contributed by atoms with Gasteiger partial charge >= 0.3 is 0 Å². The van der Waals surface area contributed by atoms with Gasteiger partial charge in [0.05, 0.1) is 6.42 Å². The number of amides is 1. The van der Waals surface area contributed by atoms with E-state index in [2.05, 4.69) is 17.6 Å². The van der Waals surface area contributed by atoms with Crippen LogP contribution in [0, 0.1) is 0 Å². The summed E-state index contributed by atoms with van der Waals surface area (Å²) in [5.74, 6) is 0.101. The topological polar surface area (TPSA) is 61.4 Å². The van der Waals surface area contributed by atoms with Gasteiger partial charge in [0.2, 0.25) is 5.91 Å². The summed E-state index contributed by atoms with van der Waals surface area (Å²) in [4.78, 5) is 12.5. The lowest BCUT2D eigenvalue weighted by molar-refractivity contribution is -0.115. The first-order valence-electron chi connectivity index (χ1n) is 8.67. The third-order valence-electron chi connectivity index (χ3n) is 4.09. The van der Waals surface area contributed by atoms with E-state index in [1.54, 1.807) is 24.3 Å². The molecular formula is C22H22N2O2.